The minimum absolute atomic E-state index is 0.0436. The SMILES string of the molecule is CC(=O)N1CCC([C@H](C)Nc2ncc(N)c(-c3c[nH]c4ncc(C(F)(F)F)cc34)n2)CC1. The van der Waals surface area contributed by atoms with Crippen molar-refractivity contribution in [2.24, 2.45) is 5.92 Å². The van der Waals surface area contributed by atoms with Crippen molar-refractivity contribution in [3.8, 4) is 11.3 Å². The molecule has 0 spiro atoms. The van der Waals surface area contributed by atoms with E-state index < -0.39 is 11.7 Å². The van der Waals surface area contributed by atoms with Crippen LogP contribution >= 0.6 is 0 Å². The van der Waals surface area contributed by atoms with E-state index in [4.69, 9.17) is 5.73 Å². The highest BCUT2D eigenvalue weighted by atomic mass is 19.4. The predicted octanol–water partition coefficient (Wildman–Crippen LogP) is 3.68. The van der Waals surface area contributed by atoms with Crippen LogP contribution < -0.4 is 11.1 Å². The van der Waals surface area contributed by atoms with Crippen molar-refractivity contribution < 1.29 is 18.0 Å². The fourth-order valence-corrected chi connectivity index (χ4v) is 4.07. The number of nitrogens with two attached hydrogens (primary N) is 1. The van der Waals surface area contributed by atoms with Crippen LogP contribution in [0.5, 0.6) is 0 Å². The second-order valence-corrected chi connectivity index (χ2v) is 8.09. The normalized spacial score (nSPS) is 16.3. The Labute approximate surface area is 182 Å². The molecular weight excluding hydrogens is 423 g/mol. The van der Waals surface area contributed by atoms with Crippen molar-refractivity contribution in [3.63, 3.8) is 0 Å². The number of carbonyl (C=O) groups excluding carboxylic acids is 1. The third-order valence-corrected chi connectivity index (χ3v) is 5.98. The molecule has 32 heavy (non-hydrogen) atoms. The van der Waals surface area contributed by atoms with Crippen molar-refractivity contribution in [2.45, 2.75) is 38.9 Å². The standard InChI is InChI=1S/C21H24F3N7O/c1-11(13-3-5-31(6-4-13)12(2)32)29-20-28-10-17(25)18(30-20)16-9-27-19-15(16)7-14(8-26-19)21(22,23)24/h7-11,13H,3-6,25H2,1-2H3,(H,26,27)(H,28,29,30)/t11-/m0/s1. The molecule has 4 heterocycles. The number of piperidine rings is 1. The van der Waals surface area contributed by atoms with Gasteiger partial charge < -0.3 is 20.9 Å². The number of aromatic nitrogens is 4. The summed E-state index contributed by atoms with van der Waals surface area (Å²) >= 11 is 0. The van der Waals surface area contributed by atoms with Gasteiger partial charge in [-0.2, -0.15) is 13.2 Å². The van der Waals surface area contributed by atoms with E-state index in [9.17, 15) is 18.0 Å². The van der Waals surface area contributed by atoms with E-state index in [1.54, 1.807) is 13.1 Å². The van der Waals surface area contributed by atoms with Crippen LogP contribution in [0.4, 0.5) is 24.8 Å². The van der Waals surface area contributed by atoms with Crippen molar-refractivity contribution in [1.29, 1.82) is 0 Å². The number of carbonyl (C=O) groups is 1. The Bertz CT molecular complexity index is 1140. The van der Waals surface area contributed by atoms with Gasteiger partial charge in [0.1, 0.15) is 11.3 Å². The summed E-state index contributed by atoms with van der Waals surface area (Å²) in [6.45, 7) is 5.02. The quantitative estimate of drug-likeness (QED) is 0.562. The van der Waals surface area contributed by atoms with E-state index in [-0.39, 0.29) is 23.0 Å². The minimum Gasteiger partial charge on any atom is -0.396 e. The zero-order chi connectivity index (χ0) is 23.0. The molecule has 3 aromatic heterocycles. The number of rotatable bonds is 4. The summed E-state index contributed by atoms with van der Waals surface area (Å²) in [6.07, 6.45) is 0.996. The van der Waals surface area contributed by atoms with Crippen molar-refractivity contribution >= 4 is 28.6 Å². The number of nitrogens with one attached hydrogen (secondary N) is 2. The number of hydrogen-bond acceptors (Lipinski definition) is 6. The lowest BCUT2D eigenvalue weighted by Crippen LogP contribution is -2.41. The van der Waals surface area contributed by atoms with Crippen LogP contribution in [0.15, 0.2) is 24.7 Å². The molecule has 0 bridgehead atoms. The molecule has 3 aromatic rings. The van der Waals surface area contributed by atoms with Crippen molar-refractivity contribution in [1.82, 2.24) is 24.8 Å². The summed E-state index contributed by atoms with van der Waals surface area (Å²) in [5.41, 5.74) is 6.53. The summed E-state index contributed by atoms with van der Waals surface area (Å²) in [5.74, 6) is 0.754. The van der Waals surface area contributed by atoms with Gasteiger partial charge in [0.2, 0.25) is 11.9 Å². The first-order chi connectivity index (χ1) is 15.1. The molecule has 0 aliphatic carbocycles. The maximum Gasteiger partial charge on any atom is 0.417 e. The number of halogens is 3. The third-order valence-electron chi connectivity index (χ3n) is 5.98. The average molecular weight is 447 g/mol. The molecule has 1 fully saturated rings. The second kappa shape index (κ2) is 8.29. The number of aromatic amines is 1. The Hall–Kier alpha value is -3.37. The Kier molecular flexibility index (Phi) is 5.66. The summed E-state index contributed by atoms with van der Waals surface area (Å²) in [4.78, 5) is 28.8. The van der Waals surface area contributed by atoms with Crippen molar-refractivity contribution in [2.75, 3.05) is 24.1 Å². The summed E-state index contributed by atoms with van der Waals surface area (Å²) in [6, 6.07) is 1.08. The Morgan fingerprint density at radius 2 is 2.00 bits per heavy atom. The van der Waals surface area contributed by atoms with Gasteiger partial charge in [0.15, 0.2) is 0 Å². The lowest BCUT2D eigenvalue weighted by Gasteiger charge is -2.34. The van der Waals surface area contributed by atoms with Crippen LogP contribution in [0.3, 0.4) is 0 Å². The van der Waals surface area contributed by atoms with Crippen molar-refractivity contribution in [3.05, 3.63) is 30.2 Å². The van der Waals surface area contributed by atoms with Gasteiger partial charge in [0.05, 0.1) is 17.4 Å². The Morgan fingerprint density at radius 1 is 1.28 bits per heavy atom. The highest BCUT2D eigenvalue weighted by Crippen LogP contribution is 2.35. The molecule has 0 aromatic carbocycles. The van der Waals surface area contributed by atoms with Gasteiger partial charge in [0.25, 0.3) is 0 Å². The monoisotopic (exact) mass is 447 g/mol. The van der Waals surface area contributed by atoms with Crippen LogP contribution in [0, 0.1) is 5.92 Å². The van der Waals surface area contributed by atoms with E-state index in [0.717, 1.165) is 25.1 Å². The number of nitrogen functional groups attached to an aromatic ring is 1. The zero-order valence-corrected chi connectivity index (χ0v) is 17.7. The first kappa shape index (κ1) is 21.8. The Morgan fingerprint density at radius 3 is 2.66 bits per heavy atom. The fraction of sp³-hybridized carbons (Fsp3) is 0.429. The van der Waals surface area contributed by atoms with Gasteiger partial charge in [0, 0.05) is 49.4 Å². The van der Waals surface area contributed by atoms with Crippen LogP contribution in [-0.4, -0.2) is 49.9 Å². The molecule has 1 amide bonds. The van der Waals surface area contributed by atoms with E-state index >= 15 is 0 Å². The zero-order valence-electron chi connectivity index (χ0n) is 17.7. The van der Waals surface area contributed by atoms with E-state index in [1.807, 2.05) is 11.8 Å². The molecule has 1 saturated heterocycles. The topological polar surface area (TPSA) is 113 Å². The van der Waals surface area contributed by atoms with Gasteiger partial charge >= 0.3 is 6.18 Å². The number of pyridine rings is 1. The molecule has 1 aliphatic rings. The molecule has 0 unspecified atom stereocenters. The summed E-state index contributed by atoms with van der Waals surface area (Å²) in [5, 5.41) is 3.56. The number of anilines is 2. The summed E-state index contributed by atoms with van der Waals surface area (Å²) < 4.78 is 39.5. The molecule has 1 atom stereocenters. The highest BCUT2D eigenvalue weighted by molar-refractivity contribution is 5.95. The van der Waals surface area contributed by atoms with Gasteiger partial charge in [-0.05, 0) is 31.7 Å². The molecule has 0 radical (unpaired) electrons. The number of fused-ring (bicyclic) bond motifs is 1. The number of hydrogen-bond donors (Lipinski definition) is 3. The third kappa shape index (κ3) is 4.32. The predicted molar refractivity (Wildman–Crippen MR) is 115 cm³/mol. The van der Waals surface area contributed by atoms with Gasteiger partial charge in [-0.3, -0.25) is 4.79 Å². The molecule has 11 heteroatoms. The van der Waals surface area contributed by atoms with E-state index in [0.29, 0.717) is 41.9 Å². The second-order valence-electron chi connectivity index (χ2n) is 8.09. The fourth-order valence-electron chi connectivity index (χ4n) is 4.07. The number of H-pyrrole nitrogens is 1. The average Bonchev–Trinajstić information content (AvgIpc) is 3.17. The molecule has 4 rings (SSSR count). The molecule has 0 saturated carbocycles. The van der Waals surface area contributed by atoms with E-state index in [1.165, 1.54) is 6.20 Å². The van der Waals surface area contributed by atoms with Gasteiger partial charge in [-0.15, -0.1) is 0 Å². The number of nitrogens with zero attached hydrogens (tertiary/aromatic N) is 4. The number of amides is 1. The summed E-state index contributed by atoms with van der Waals surface area (Å²) in [7, 11) is 0. The molecule has 1 aliphatic heterocycles. The lowest BCUT2D eigenvalue weighted by atomic mass is 9.90. The maximum absolute atomic E-state index is 13.2. The Balaban J connectivity index is 1.58. The molecule has 8 nitrogen and oxygen atoms in total. The number of alkyl halides is 3. The van der Waals surface area contributed by atoms with Gasteiger partial charge in [-0.1, -0.05) is 0 Å². The first-order valence-electron chi connectivity index (χ1n) is 10.3. The first-order valence-corrected chi connectivity index (χ1v) is 10.3. The van der Waals surface area contributed by atoms with Crippen LogP contribution in [0.1, 0.15) is 32.3 Å². The van der Waals surface area contributed by atoms with Crippen LogP contribution in [0.25, 0.3) is 22.3 Å². The van der Waals surface area contributed by atoms with Crippen LogP contribution in [-0.2, 0) is 11.0 Å². The maximum atomic E-state index is 13.2. The smallest absolute Gasteiger partial charge is 0.396 e. The lowest BCUT2D eigenvalue weighted by molar-refractivity contribution is -0.137. The number of likely N-dealkylation sites (tertiary alicyclic amines) is 1. The van der Waals surface area contributed by atoms with E-state index in [2.05, 4.69) is 25.3 Å². The highest BCUT2D eigenvalue weighted by Gasteiger charge is 2.32. The van der Waals surface area contributed by atoms with Gasteiger partial charge in [-0.25, -0.2) is 15.0 Å². The molecular formula is C21H24F3N7O. The van der Waals surface area contributed by atoms with Crippen LogP contribution in [0.2, 0.25) is 0 Å². The molecule has 170 valence electrons. The largest absolute Gasteiger partial charge is 0.417 e. The minimum atomic E-state index is -4.51. The molecule has 4 N–H and O–H groups in total.